The molecule has 0 radical (unpaired) electrons. The van der Waals surface area contributed by atoms with E-state index in [1.54, 1.807) is 30.4 Å². The van der Waals surface area contributed by atoms with Gasteiger partial charge in [0, 0.05) is 22.5 Å². The van der Waals surface area contributed by atoms with Gasteiger partial charge in [0.25, 0.3) is 0 Å². The van der Waals surface area contributed by atoms with Crippen LogP contribution in [0.25, 0.3) is 33.5 Å². The van der Waals surface area contributed by atoms with Crippen LogP contribution in [0.4, 0.5) is 0 Å². The lowest BCUT2D eigenvalue weighted by Crippen LogP contribution is -2.05. The van der Waals surface area contributed by atoms with Crippen molar-refractivity contribution in [3.63, 3.8) is 0 Å². The zero-order valence-electron chi connectivity index (χ0n) is 16.6. The van der Waals surface area contributed by atoms with E-state index in [-0.39, 0.29) is 0 Å². The van der Waals surface area contributed by atoms with Crippen molar-refractivity contribution < 1.29 is 4.57 Å². The van der Waals surface area contributed by atoms with Gasteiger partial charge in [0.2, 0.25) is 5.65 Å². The Labute approximate surface area is 173 Å². The summed E-state index contributed by atoms with van der Waals surface area (Å²) in [6.07, 6.45) is 3.46. The number of hydrogen-bond donors (Lipinski definition) is 0. The fraction of sp³-hybridized carbons (Fsp3) is 0.136. The Morgan fingerprint density at radius 2 is 1.90 bits per heavy atom. The minimum atomic E-state index is -2.36. The van der Waals surface area contributed by atoms with E-state index in [0.29, 0.717) is 23.5 Å². The van der Waals surface area contributed by atoms with Crippen LogP contribution in [-0.2, 0) is 11.1 Å². The molecule has 148 valence electrons. The van der Waals surface area contributed by atoms with Crippen LogP contribution in [0.5, 0.6) is 0 Å². The Morgan fingerprint density at radius 1 is 1.00 bits per heavy atom. The molecule has 2 aromatic carbocycles. The maximum absolute atomic E-state index is 12.5. The Balaban J connectivity index is 1.54. The highest BCUT2D eigenvalue weighted by molar-refractivity contribution is 7.70. The van der Waals surface area contributed by atoms with E-state index in [0.717, 1.165) is 27.3 Å². The molecular formula is C22H19N6OP. The van der Waals surface area contributed by atoms with E-state index in [9.17, 15) is 4.57 Å². The topological polar surface area (TPSA) is 86.5 Å². The highest BCUT2D eigenvalue weighted by atomic mass is 31.2. The zero-order chi connectivity index (χ0) is 20.7. The molecule has 5 aromatic rings. The van der Waals surface area contributed by atoms with Crippen molar-refractivity contribution in [1.82, 2.24) is 29.9 Å². The Hall–Kier alpha value is -3.44. The van der Waals surface area contributed by atoms with E-state index in [2.05, 4.69) is 26.3 Å². The van der Waals surface area contributed by atoms with Crippen molar-refractivity contribution in [2.75, 3.05) is 13.3 Å². The van der Waals surface area contributed by atoms with Gasteiger partial charge in [-0.1, -0.05) is 41.6 Å². The van der Waals surface area contributed by atoms with E-state index in [4.69, 9.17) is 4.98 Å². The van der Waals surface area contributed by atoms with Crippen molar-refractivity contribution in [2.24, 2.45) is 0 Å². The predicted octanol–water partition coefficient (Wildman–Crippen LogP) is 3.73. The van der Waals surface area contributed by atoms with E-state index < -0.39 is 7.14 Å². The van der Waals surface area contributed by atoms with Gasteiger partial charge in [0.05, 0.1) is 24.0 Å². The predicted molar refractivity (Wildman–Crippen MR) is 118 cm³/mol. The summed E-state index contributed by atoms with van der Waals surface area (Å²) in [6.45, 7) is 4.04. The van der Waals surface area contributed by atoms with Crippen LogP contribution in [0.15, 0.2) is 67.0 Å². The second-order valence-corrected chi connectivity index (χ2v) is 10.8. The van der Waals surface area contributed by atoms with Gasteiger partial charge in [-0.3, -0.25) is 4.98 Å². The Kier molecular flexibility index (Phi) is 4.40. The van der Waals surface area contributed by atoms with Gasteiger partial charge in [0.15, 0.2) is 5.65 Å². The first-order valence-corrected chi connectivity index (χ1v) is 12.1. The number of rotatable bonds is 4. The molecule has 0 aliphatic rings. The number of fused-ring (bicyclic) bond motifs is 2. The van der Waals surface area contributed by atoms with Gasteiger partial charge in [-0.25, -0.2) is 14.6 Å². The minimum absolute atomic E-state index is 0.491. The average Bonchev–Trinajstić information content (AvgIpc) is 3.15. The third-order valence-corrected chi connectivity index (χ3v) is 6.52. The lowest BCUT2D eigenvalue weighted by molar-refractivity contribution is 0.588. The molecule has 30 heavy (non-hydrogen) atoms. The second kappa shape index (κ2) is 7.11. The van der Waals surface area contributed by atoms with Gasteiger partial charge in [-0.15, -0.1) is 5.10 Å². The fourth-order valence-corrected chi connectivity index (χ4v) is 4.28. The second-order valence-electron chi connectivity index (χ2n) is 7.58. The first-order valence-electron chi connectivity index (χ1n) is 9.53. The third-order valence-electron chi connectivity index (χ3n) is 4.99. The van der Waals surface area contributed by atoms with Crippen LogP contribution in [0.3, 0.4) is 0 Å². The van der Waals surface area contributed by atoms with E-state index in [1.807, 2.05) is 48.5 Å². The Morgan fingerprint density at radius 3 is 2.77 bits per heavy atom. The summed E-state index contributed by atoms with van der Waals surface area (Å²) < 4.78 is 14.2. The van der Waals surface area contributed by atoms with Crippen molar-refractivity contribution in [3.05, 3.63) is 72.6 Å². The molecule has 0 unspecified atom stereocenters. The standard InChI is InChI=1S/C22H19N6OP/c1-30(2,29)18-7-3-5-17(12-18)20-13-24-21-22(25-20)28(27-26-21)14-15-8-9-16-6-4-10-23-19(16)11-15/h3-13H,14H2,1-2H3. The summed E-state index contributed by atoms with van der Waals surface area (Å²) in [5, 5.41) is 10.3. The third kappa shape index (κ3) is 3.48. The lowest BCUT2D eigenvalue weighted by atomic mass is 10.1. The van der Waals surface area contributed by atoms with Crippen LogP contribution in [0.1, 0.15) is 5.56 Å². The van der Waals surface area contributed by atoms with Crippen LogP contribution in [-0.4, -0.2) is 43.3 Å². The molecular weight excluding hydrogens is 395 g/mol. The normalized spacial score (nSPS) is 11.9. The summed E-state index contributed by atoms with van der Waals surface area (Å²) in [5.74, 6) is 0. The number of hydrogen-bond acceptors (Lipinski definition) is 6. The maximum Gasteiger partial charge on any atom is 0.221 e. The molecule has 0 saturated heterocycles. The number of nitrogens with zero attached hydrogens (tertiary/aromatic N) is 6. The molecule has 0 spiro atoms. The number of aromatic nitrogens is 6. The van der Waals surface area contributed by atoms with Crippen LogP contribution < -0.4 is 5.30 Å². The van der Waals surface area contributed by atoms with Crippen molar-refractivity contribution >= 4 is 34.6 Å². The Bertz CT molecular complexity index is 1440. The van der Waals surface area contributed by atoms with Crippen LogP contribution >= 0.6 is 7.14 Å². The number of pyridine rings is 1. The summed E-state index contributed by atoms with van der Waals surface area (Å²) in [6, 6.07) is 17.7. The minimum Gasteiger partial charge on any atom is -0.319 e. The summed E-state index contributed by atoms with van der Waals surface area (Å²) in [4.78, 5) is 13.6. The largest absolute Gasteiger partial charge is 0.319 e. The van der Waals surface area contributed by atoms with Gasteiger partial charge in [0.1, 0.15) is 7.14 Å². The molecule has 0 N–H and O–H groups in total. The molecule has 0 fully saturated rings. The monoisotopic (exact) mass is 414 g/mol. The van der Waals surface area contributed by atoms with Gasteiger partial charge >= 0.3 is 0 Å². The van der Waals surface area contributed by atoms with Crippen LogP contribution in [0.2, 0.25) is 0 Å². The number of benzene rings is 2. The van der Waals surface area contributed by atoms with Crippen molar-refractivity contribution in [2.45, 2.75) is 6.54 Å². The van der Waals surface area contributed by atoms with Gasteiger partial charge in [-0.2, -0.15) is 0 Å². The molecule has 0 saturated carbocycles. The molecule has 0 aliphatic carbocycles. The molecule has 0 aliphatic heterocycles. The molecule has 0 bridgehead atoms. The first kappa shape index (κ1) is 18.6. The SMILES string of the molecule is CP(C)(=O)c1cccc(-c2cnc3nnn(Cc4ccc5cccnc5c4)c3n2)c1. The van der Waals surface area contributed by atoms with E-state index in [1.165, 1.54) is 0 Å². The van der Waals surface area contributed by atoms with Gasteiger partial charge < -0.3 is 4.57 Å². The highest BCUT2D eigenvalue weighted by Crippen LogP contribution is 2.35. The highest BCUT2D eigenvalue weighted by Gasteiger charge is 2.14. The van der Waals surface area contributed by atoms with Crippen LogP contribution in [0, 0.1) is 0 Å². The molecule has 0 atom stereocenters. The van der Waals surface area contributed by atoms with Gasteiger partial charge in [-0.05, 0) is 37.1 Å². The van der Waals surface area contributed by atoms with E-state index >= 15 is 0 Å². The maximum atomic E-state index is 12.5. The zero-order valence-corrected chi connectivity index (χ0v) is 17.5. The molecule has 5 rings (SSSR count). The lowest BCUT2D eigenvalue weighted by Gasteiger charge is -2.09. The molecule has 3 heterocycles. The molecule has 7 nitrogen and oxygen atoms in total. The summed E-state index contributed by atoms with van der Waals surface area (Å²) in [5.41, 5.74) is 4.65. The quantitative estimate of drug-likeness (QED) is 0.417. The molecule has 0 amide bonds. The van der Waals surface area contributed by atoms with Crippen molar-refractivity contribution in [1.29, 1.82) is 0 Å². The smallest absolute Gasteiger partial charge is 0.221 e. The summed E-state index contributed by atoms with van der Waals surface area (Å²) in [7, 11) is -2.36. The van der Waals surface area contributed by atoms with Crippen molar-refractivity contribution in [3.8, 4) is 11.3 Å². The fourth-order valence-electron chi connectivity index (χ4n) is 3.38. The molecule has 8 heteroatoms. The molecule has 3 aromatic heterocycles. The first-order chi connectivity index (χ1) is 14.5. The average molecular weight is 414 g/mol. The summed E-state index contributed by atoms with van der Waals surface area (Å²) >= 11 is 0.